The van der Waals surface area contributed by atoms with Gasteiger partial charge in [0.1, 0.15) is 0 Å². The van der Waals surface area contributed by atoms with Gasteiger partial charge in [0.05, 0.1) is 13.0 Å². The molecule has 2 aromatic carbocycles. The molecule has 124 valence electrons. The van der Waals surface area contributed by atoms with Crippen molar-refractivity contribution < 1.29 is 14.4 Å². The Kier molecular flexibility index (Phi) is 6.26. The van der Waals surface area contributed by atoms with E-state index in [1.807, 2.05) is 24.3 Å². The summed E-state index contributed by atoms with van der Waals surface area (Å²) >= 11 is 3.38. The van der Waals surface area contributed by atoms with E-state index >= 15 is 0 Å². The maximum absolute atomic E-state index is 11.9. The Morgan fingerprint density at radius 1 is 1.00 bits per heavy atom. The highest BCUT2D eigenvalue weighted by molar-refractivity contribution is 9.10. The van der Waals surface area contributed by atoms with Crippen LogP contribution in [0.2, 0.25) is 0 Å². The van der Waals surface area contributed by atoms with Crippen LogP contribution in [0, 0.1) is 0 Å². The zero-order valence-corrected chi connectivity index (χ0v) is 14.7. The van der Waals surface area contributed by atoms with Crippen molar-refractivity contribution in [1.29, 1.82) is 0 Å². The smallest absolute Gasteiger partial charge is 0.243 e. The van der Waals surface area contributed by atoms with E-state index in [2.05, 4.69) is 26.6 Å². The minimum absolute atomic E-state index is 0.0761. The molecule has 0 aromatic heterocycles. The van der Waals surface area contributed by atoms with Crippen molar-refractivity contribution in [2.24, 2.45) is 0 Å². The first-order valence-electron chi connectivity index (χ1n) is 7.36. The summed E-state index contributed by atoms with van der Waals surface area (Å²) in [4.78, 5) is 35.1. The number of amides is 2. The number of carbonyl (C=O) groups is 3. The summed E-state index contributed by atoms with van der Waals surface area (Å²) in [5.74, 6) is -0.668. The van der Waals surface area contributed by atoms with Crippen LogP contribution in [0.5, 0.6) is 0 Å². The third kappa shape index (κ3) is 5.31. The van der Waals surface area contributed by atoms with E-state index in [-0.39, 0.29) is 30.6 Å². The molecule has 0 aliphatic rings. The number of Topliss-reactive ketones (excluding diaryl/α,β-unsaturated/α-hetero) is 1. The Bertz CT molecular complexity index is 774. The van der Waals surface area contributed by atoms with E-state index in [0.29, 0.717) is 11.3 Å². The first-order valence-corrected chi connectivity index (χ1v) is 8.16. The van der Waals surface area contributed by atoms with Gasteiger partial charge in [-0.1, -0.05) is 46.3 Å². The molecule has 2 N–H and O–H groups in total. The van der Waals surface area contributed by atoms with Gasteiger partial charge >= 0.3 is 0 Å². The molecule has 0 heterocycles. The average molecular weight is 389 g/mol. The summed E-state index contributed by atoms with van der Waals surface area (Å²) in [6.07, 6.45) is 0.189. The number of rotatable bonds is 6. The molecule has 5 nitrogen and oxygen atoms in total. The molecule has 0 radical (unpaired) electrons. The van der Waals surface area contributed by atoms with Crippen LogP contribution in [0.3, 0.4) is 0 Å². The fraction of sp³-hybridized carbons (Fsp3) is 0.167. The highest BCUT2D eigenvalue weighted by Gasteiger charge is 2.09. The van der Waals surface area contributed by atoms with Gasteiger partial charge in [-0.3, -0.25) is 14.4 Å². The molecular weight excluding hydrogens is 372 g/mol. The van der Waals surface area contributed by atoms with Crippen molar-refractivity contribution in [3.63, 3.8) is 0 Å². The van der Waals surface area contributed by atoms with Crippen molar-refractivity contribution >= 4 is 39.2 Å². The predicted molar refractivity (Wildman–Crippen MR) is 95.9 cm³/mol. The standard InChI is InChI=1S/C18H17BrN2O3/c1-12(22)13-6-4-7-15(9-13)21-18(24)11-20-17(23)10-14-5-2-3-8-16(14)19/h2-9H,10-11H2,1H3,(H,20,23)(H,21,24). The monoisotopic (exact) mass is 388 g/mol. The van der Waals surface area contributed by atoms with Crippen LogP contribution in [-0.2, 0) is 16.0 Å². The van der Waals surface area contributed by atoms with Gasteiger partial charge in [-0.05, 0) is 30.7 Å². The molecule has 0 aliphatic heterocycles. The molecule has 2 aromatic rings. The highest BCUT2D eigenvalue weighted by Crippen LogP contribution is 2.16. The average Bonchev–Trinajstić information content (AvgIpc) is 2.55. The molecule has 2 rings (SSSR count). The van der Waals surface area contributed by atoms with Crippen LogP contribution in [0.4, 0.5) is 5.69 Å². The van der Waals surface area contributed by atoms with Crippen molar-refractivity contribution in [1.82, 2.24) is 5.32 Å². The molecule has 0 bridgehead atoms. The normalized spacial score (nSPS) is 10.1. The predicted octanol–water partition coefficient (Wildman–Crippen LogP) is 2.95. The van der Waals surface area contributed by atoms with Gasteiger partial charge in [0.15, 0.2) is 5.78 Å². The maximum atomic E-state index is 11.9. The zero-order chi connectivity index (χ0) is 17.5. The Balaban J connectivity index is 1.85. The molecular formula is C18H17BrN2O3. The molecule has 0 atom stereocenters. The van der Waals surface area contributed by atoms with Gasteiger partial charge in [0, 0.05) is 15.7 Å². The van der Waals surface area contributed by atoms with Crippen LogP contribution in [-0.4, -0.2) is 24.1 Å². The second kappa shape index (κ2) is 8.40. The maximum Gasteiger partial charge on any atom is 0.243 e. The Morgan fingerprint density at radius 3 is 2.46 bits per heavy atom. The van der Waals surface area contributed by atoms with Gasteiger partial charge < -0.3 is 10.6 Å². The number of hydrogen-bond acceptors (Lipinski definition) is 3. The van der Waals surface area contributed by atoms with Crippen LogP contribution in [0.15, 0.2) is 53.0 Å². The first kappa shape index (κ1) is 17.9. The van der Waals surface area contributed by atoms with E-state index in [4.69, 9.17) is 0 Å². The van der Waals surface area contributed by atoms with E-state index < -0.39 is 0 Å². The number of ketones is 1. The minimum atomic E-state index is -0.351. The van der Waals surface area contributed by atoms with E-state index in [1.54, 1.807) is 24.3 Å². The quantitative estimate of drug-likeness (QED) is 0.746. The lowest BCUT2D eigenvalue weighted by Crippen LogP contribution is -2.33. The lowest BCUT2D eigenvalue weighted by Gasteiger charge is -2.08. The van der Waals surface area contributed by atoms with E-state index in [0.717, 1.165) is 10.0 Å². The molecule has 2 amide bonds. The molecule has 24 heavy (non-hydrogen) atoms. The lowest BCUT2D eigenvalue weighted by molar-refractivity contribution is -0.123. The summed E-state index contributed by atoms with van der Waals surface area (Å²) in [7, 11) is 0. The van der Waals surface area contributed by atoms with Crippen LogP contribution in [0.1, 0.15) is 22.8 Å². The Morgan fingerprint density at radius 2 is 1.75 bits per heavy atom. The summed E-state index contributed by atoms with van der Waals surface area (Å²) < 4.78 is 0.852. The number of halogens is 1. The topological polar surface area (TPSA) is 75.3 Å². The number of benzene rings is 2. The summed E-state index contributed by atoms with van der Waals surface area (Å²) in [6.45, 7) is 1.33. The van der Waals surface area contributed by atoms with E-state index in [1.165, 1.54) is 6.92 Å². The molecule has 0 spiro atoms. The lowest BCUT2D eigenvalue weighted by atomic mass is 10.1. The minimum Gasteiger partial charge on any atom is -0.347 e. The number of carbonyl (C=O) groups excluding carboxylic acids is 3. The van der Waals surface area contributed by atoms with E-state index in [9.17, 15) is 14.4 Å². The van der Waals surface area contributed by atoms with Crippen LogP contribution in [0.25, 0.3) is 0 Å². The number of anilines is 1. The number of nitrogens with one attached hydrogen (secondary N) is 2. The molecule has 0 fully saturated rings. The fourth-order valence-electron chi connectivity index (χ4n) is 2.08. The van der Waals surface area contributed by atoms with Gasteiger partial charge in [0.2, 0.25) is 11.8 Å². The summed E-state index contributed by atoms with van der Waals surface area (Å²) in [5, 5.41) is 5.23. The Labute approximate surface area is 148 Å². The van der Waals surface area contributed by atoms with Crippen molar-refractivity contribution in [2.45, 2.75) is 13.3 Å². The second-order valence-electron chi connectivity index (χ2n) is 5.23. The van der Waals surface area contributed by atoms with Gasteiger partial charge in [-0.25, -0.2) is 0 Å². The third-order valence-electron chi connectivity index (χ3n) is 3.31. The third-order valence-corrected chi connectivity index (χ3v) is 4.08. The SMILES string of the molecule is CC(=O)c1cccc(NC(=O)CNC(=O)Cc2ccccc2Br)c1. The van der Waals surface area contributed by atoms with Crippen molar-refractivity contribution in [3.05, 3.63) is 64.1 Å². The van der Waals surface area contributed by atoms with Gasteiger partial charge in [-0.15, -0.1) is 0 Å². The van der Waals surface area contributed by atoms with Crippen molar-refractivity contribution in [2.75, 3.05) is 11.9 Å². The summed E-state index contributed by atoms with van der Waals surface area (Å²) in [5.41, 5.74) is 1.89. The van der Waals surface area contributed by atoms with Crippen LogP contribution < -0.4 is 10.6 Å². The molecule has 6 heteroatoms. The molecule has 0 unspecified atom stereocenters. The van der Waals surface area contributed by atoms with Gasteiger partial charge in [0.25, 0.3) is 0 Å². The largest absolute Gasteiger partial charge is 0.347 e. The van der Waals surface area contributed by atoms with Crippen LogP contribution >= 0.6 is 15.9 Å². The first-order chi connectivity index (χ1) is 11.5. The van der Waals surface area contributed by atoms with Gasteiger partial charge in [-0.2, -0.15) is 0 Å². The molecule has 0 saturated carbocycles. The Hall–Kier alpha value is -2.47. The highest BCUT2D eigenvalue weighted by atomic mass is 79.9. The van der Waals surface area contributed by atoms with Crippen molar-refractivity contribution in [3.8, 4) is 0 Å². The molecule has 0 aliphatic carbocycles. The second-order valence-corrected chi connectivity index (χ2v) is 6.08. The summed E-state index contributed by atoms with van der Waals surface area (Å²) in [6, 6.07) is 14.1. The fourth-order valence-corrected chi connectivity index (χ4v) is 2.50. The molecule has 0 saturated heterocycles. The zero-order valence-electron chi connectivity index (χ0n) is 13.1. The number of hydrogen-bond donors (Lipinski definition) is 2.